The van der Waals surface area contributed by atoms with Crippen LogP contribution in [0.4, 0.5) is 0 Å². The maximum atomic E-state index is 13.0. The van der Waals surface area contributed by atoms with Gasteiger partial charge in [0.05, 0.1) is 19.8 Å². The van der Waals surface area contributed by atoms with E-state index in [0.29, 0.717) is 12.8 Å². The number of hydrogen-bond donors (Lipinski definition) is 7. The van der Waals surface area contributed by atoms with Gasteiger partial charge in [0, 0.05) is 12.8 Å². The molecule has 11 unspecified atom stereocenters. The molecule has 0 amide bonds. The first-order valence-corrected chi connectivity index (χ1v) is 27.9. The third-order valence-corrected chi connectivity index (χ3v) is 13.4. The lowest BCUT2D eigenvalue weighted by molar-refractivity contribution is -0.332. The summed E-state index contributed by atoms with van der Waals surface area (Å²) in [5.74, 6) is -0.923. The van der Waals surface area contributed by atoms with Gasteiger partial charge in [0.2, 0.25) is 0 Å². The Morgan fingerprint density at radius 3 is 1.36 bits per heavy atom. The summed E-state index contributed by atoms with van der Waals surface area (Å²) in [6.45, 7) is 2.59. The molecule has 410 valence electrons. The lowest BCUT2D eigenvalue weighted by atomic mass is 9.98. The molecule has 0 aromatic rings. The van der Waals surface area contributed by atoms with E-state index in [1.807, 2.05) is 0 Å². The molecule has 2 rings (SSSR count). The SMILES string of the molecule is CCCCC/C=C\C/C=C\CCCCCCCCCC(=O)OC(COC(=O)CCCCCCCCCCCCCCCCCCC)COC1OC(COC2OC(CO)C(O)C(O)C2O)C(O)C(O)C1O. The Morgan fingerprint density at radius 2 is 0.857 bits per heavy atom. The summed E-state index contributed by atoms with van der Waals surface area (Å²) in [4.78, 5) is 25.8. The number of esters is 2. The topological polar surface area (TPSA) is 231 Å². The highest BCUT2D eigenvalue weighted by Crippen LogP contribution is 2.27. The van der Waals surface area contributed by atoms with Gasteiger partial charge in [-0.15, -0.1) is 0 Å². The molecule has 0 saturated carbocycles. The Bertz CT molecular complexity index is 1310. The molecule has 0 aromatic heterocycles. The number of carbonyl (C=O) groups is 2. The summed E-state index contributed by atoms with van der Waals surface area (Å²) in [5, 5.41) is 72.2. The molecule has 2 heterocycles. The highest BCUT2D eigenvalue weighted by molar-refractivity contribution is 5.70. The van der Waals surface area contributed by atoms with Crippen molar-refractivity contribution in [2.45, 2.75) is 287 Å². The minimum Gasteiger partial charge on any atom is -0.462 e. The minimum atomic E-state index is -1.76. The summed E-state index contributed by atoms with van der Waals surface area (Å²) in [7, 11) is 0. The van der Waals surface area contributed by atoms with Gasteiger partial charge in [-0.2, -0.15) is 0 Å². The van der Waals surface area contributed by atoms with Gasteiger partial charge in [-0.3, -0.25) is 9.59 Å². The summed E-state index contributed by atoms with van der Waals surface area (Å²) in [6.07, 6.45) is 27.6. The van der Waals surface area contributed by atoms with Gasteiger partial charge in [-0.25, -0.2) is 0 Å². The first-order valence-electron chi connectivity index (χ1n) is 27.9. The standard InChI is InChI=1S/C55H100O15/c1-3-5-7-9-11-13-15-17-19-21-23-25-27-29-31-33-35-37-46(57)65-40-43(68-47(58)38-36-34-32-30-28-26-24-22-20-18-16-14-12-10-8-6-4-2)41-66-54-53(64)51(62)49(60)45(70-54)42-67-55-52(63)50(61)48(59)44(39-56)69-55/h12,14,18,20,43-45,48-56,59-64H,3-11,13,15-17,19,21-42H2,1-2H3/b14-12-,20-18-. The van der Waals surface area contributed by atoms with Crippen molar-refractivity contribution < 1.29 is 73.8 Å². The predicted octanol–water partition coefficient (Wildman–Crippen LogP) is 8.72. The van der Waals surface area contributed by atoms with Crippen LogP contribution in [0.15, 0.2) is 24.3 Å². The number of aliphatic hydroxyl groups excluding tert-OH is 7. The highest BCUT2D eigenvalue weighted by atomic mass is 16.7. The number of ether oxygens (including phenoxy) is 6. The predicted molar refractivity (Wildman–Crippen MR) is 271 cm³/mol. The van der Waals surface area contributed by atoms with Gasteiger partial charge in [-0.1, -0.05) is 186 Å². The quantitative estimate of drug-likeness (QED) is 0.0172. The molecule has 2 aliphatic heterocycles. The fourth-order valence-corrected chi connectivity index (χ4v) is 8.84. The van der Waals surface area contributed by atoms with Gasteiger partial charge in [0.25, 0.3) is 0 Å². The monoisotopic (exact) mass is 1000 g/mol. The smallest absolute Gasteiger partial charge is 0.306 e. The summed E-state index contributed by atoms with van der Waals surface area (Å²) >= 11 is 0. The van der Waals surface area contributed by atoms with E-state index in [9.17, 15) is 45.3 Å². The summed E-state index contributed by atoms with van der Waals surface area (Å²) in [5.41, 5.74) is 0. The van der Waals surface area contributed by atoms with Crippen LogP contribution in [0.3, 0.4) is 0 Å². The van der Waals surface area contributed by atoms with Crippen molar-refractivity contribution in [3.63, 3.8) is 0 Å². The average molecular weight is 1000 g/mol. The largest absolute Gasteiger partial charge is 0.462 e. The Balaban J connectivity index is 1.77. The molecule has 7 N–H and O–H groups in total. The van der Waals surface area contributed by atoms with Crippen LogP contribution in [0, 0.1) is 0 Å². The lowest BCUT2D eigenvalue weighted by Crippen LogP contribution is -2.61. The summed E-state index contributed by atoms with van der Waals surface area (Å²) < 4.78 is 33.7. The van der Waals surface area contributed by atoms with Crippen LogP contribution >= 0.6 is 0 Å². The number of hydrogen-bond acceptors (Lipinski definition) is 15. The van der Waals surface area contributed by atoms with Crippen molar-refractivity contribution >= 4 is 11.9 Å². The second kappa shape index (κ2) is 42.3. The number of unbranched alkanes of at least 4 members (excludes halogenated alkanes) is 26. The van der Waals surface area contributed by atoms with Gasteiger partial charge in [0.1, 0.15) is 55.4 Å². The molecule has 2 saturated heterocycles. The van der Waals surface area contributed by atoms with Gasteiger partial charge in [0.15, 0.2) is 18.7 Å². The van der Waals surface area contributed by atoms with Crippen molar-refractivity contribution in [2.24, 2.45) is 0 Å². The van der Waals surface area contributed by atoms with E-state index in [-0.39, 0.29) is 26.1 Å². The van der Waals surface area contributed by atoms with Crippen molar-refractivity contribution in [2.75, 3.05) is 26.4 Å². The number of carbonyl (C=O) groups excluding carboxylic acids is 2. The molecule has 11 atom stereocenters. The van der Waals surface area contributed by atoms with Crippen molar-refractivity contribution in [3.8, 4) is 0 Å². The van der Waals surface area contributed by atoms with Crippen molar-refractivity contribution in [1.29, 1.82) is 0 Å². The second-order valence-electron chi connectivity index (χ2n) is 19.8. The molecule has 0 spiro atoms. The Kier molecular flexibility index (Phi) is 38.8. The maximum Gasteiger partial charge on any atom is 0.306 e. The zero-order chi connectivity index (χ0) is 51.0. The number of aliphatic hydroxyl groups is 7. The molecular weight excluding hydrogens is 901 g/mol. The van der Waals surface area contributed by atoms with E-state index in [4.69, 9.17) is 28.4 Å². The molecule has 0 bridgehead atoms. The zero-order valence-electron chi connectivity index (χ0n) is 43.5. The molecule has 2 aliphatic rings. The lowest BCUT2D eigenvalue weighted by Gasteiger charge is -2.42. The molecule has 0 aromatic carbocycles. The fourth-order valence-electron chi connectivity index (χ4n) is 8.84. The van der Waals surface area contributed by atoms with Crippen LogP contribution in [-0.2, 0) is 38.0 Å². The normalized spacial score (nSPS) is 25.5. The molecule has 0 radical (unpaired) electrons. The Morgan fingerprint density at radius 1 is 0.457 bits per heavy atom. The van der Waals surface area contributed by atoms with Crippen molar-refractivity contribution in [1.82, 2.24) is 0 Å². The molecule has 70 heavy (non-hydrogen) atoms. The first-order chi connectivity index (χ1) is 34.0. The minimum absolute atomic E-state index is 0.159. The van der Waals surface area contributed by atoms with E-state index >= 15 is 0 Å². The molecule has 15 heteroatoms. The van der Waals surface area contributed by atoms with E-state index in [2.05, 4.69) is 38.2 Å². The number of rotatable bonds is 44. The van der Waals surface area contributed by atoms with E-state index < -0.39 is 92.7 Å². The number of allylic oxidation sites excluding steroid dienone is 4. The molecule has 15 nitrogen and oxygen atoms in total. The zero-order valence-corrected chi connectivity index (χ0v) is 43.5. The van der Waals surface area contributed by atoms with E-state index in [1.54, 1.807) is 0 Å². The van der Waals surface area contributed by atoms with Crippen LogP contribution in [0.1, 0.15) is 219 Å². The van der Waals surface area contributed by atoms with Crippen LogP contribution in [0.25, 0.3) is 0 Å². The van der Waals surface area contributed by atoms with Crippen molar-refractivity contribution in [3.05, 3.63) is 24.3 Å². The van der Waals surface area contributed by atoms with Gasteiger partial charge in [-0.05, 0) is 44.9 Å². The van der Waals surface area contributed by atoms with E-state index in [0.717, 1.165) is 64.2 Å². The van der Waals surface area contributed by atoms with Gasteiger partial charge < -0.3 is 64.2 Å². The first kappa shape index (κ1) is 64.1. The fraction of sp³-hybridized carbons (Fsp3) is 0.891. The van der Waals surface area contributed by atoms with Crippen LogP contribution < -0.4 is 0 Å². The average Bonchev–Trinajstić information content (AvgIpc) is 3.35. The summed E-state index contributed by atoms with van der Waals surface area (Å²) in [6, 6.07) is 0. The van der Waals surface area contributed by atoms with Crippen LogP contribution in [-0.4, -0.2) is 142 Å². The van der Waals surface area contributed by atoms with Crippen LogP contribution in [0.5, 0.6) is 0 Å². The van der Waals surface area contributed by atoms with Crippen LogP contribution in [0.2, 0.25) is 0 Å². The van der Waals surface area contributed by atoms with E-state index in [1.165, 1.54) is 116 Å². The second-order valence-corrected chi connectivity index (χ2v) is 19.8. The Labute approximate surface area is 422 Å². The van der Waals surface area contributed by atoms with Gasteiger partial charge >= 0.3 is 11.9 Å². The maximum absolute atomic E-state index is 13.0. The Hall–Kier alpha value is -2.02. The molecule has 0 aliphatic carbocycles. The molecular formula is C55H100O15. The molecule has 2 fully saturated rings. The highest BCUT2D eigenvalue weighted by Gasteiger charge is 2.47. The third kappa shape index (κ3) is 29.6. The third-order valence-electron chi connectivity index (χ3n) is 13.4.